The van der Waals surface area contributed by atoms with E-state index in [-0.39, 0.29) is 17.5 Å². The van der Waals surface area contributed by atoms with E-state index in [0.29, 0.717) is 50.2 Å². The number of ether oxygens (including phenoxy) is 1. The number of hydrogen-bond donors (Lipinski definition) is 2. The summed E-state index contributed by atoms with van der Waals surface area (Å²) in [6.45, 7) is 3.47. The van der Waals surface area contributed by atoms with Crippen LogP contribution in [0.25, 0.3) is 0 Å². The lowest BCUT2D eigenvalue weighted by atomic mass is 9.97. The molecule has 9 heteroatoms. The van der Waals surface area contributed by atoms with Gasteiger partial charge in [0.1, 0.15) is 11.4 Å². The molecular formula is C21H26N6O3. The van der Waals surface area contributed by atoms with Gasteiger partial charge in [-0.25, -0.2) is 4.98 Å². The van der Waals surface area contributed by atoms with Crippen LogP contribution in [0.5, 0.6) is 0 Å². The summed E-state index contributed by atoms with van der Waals surface area (Å²) in [5, 5.41) is 3.15. The van der Waals surface area contributed by atoms with Gasteiger partial charge in [0.05, 0.1) is 24.4 Å². The molecule has 3 N–H and O–H groups in total. The minimum atomic E-state index is -0.604. The number of pyridine rings is 1. The van der Waals surface area contributed by atoms with Crippen molar-refractivity contribution in [3.05, 3.63) is 35.8 Å². The first kappa shape index (κ1) is 20.1. The van der Waals surface area contributed by atoms with E-state index in [1.54, 1.807) is 6.20 Å². The standard InChI is InChI=1S/C21H26N6O3/c1-2-30-20(29)14-7-9-27(10-8-14)21-24-12-16(18(22)28)19(26-21)25-15-5-6-17(23-11-15)13-3-4-13/h5-6,11-14H,2-4,7-10H2,1H3,(H2,22,28)(H,24,25,26). The van der Waals surface area contributed by atoms with Gasteiger partial charge in [-0.1, -0.05) is 0 Å². The molecule has 1 saturated heterocycles. The SMILES string of the molecule is CCOC(=O)C1CCN(c2ncc(C(N)=O)c(Nc3ccc(C4CC4)nc3)n2)CC1. The molecule has 0 radical (unpaired) electrons. The highest BCUT2D eigenvalue weighted by molar-refractivity contribution is 5.98. The van der Waals surface area contributed by atoms with Gasteiger partial charge in [-0.05, 0) is 44.7 Å². The number of carbonyl (C=O) groups is 2. The molecule has 2 aromatic rings. The van der Waals surface area contributed by atoms with Crippen molar-refractivity contribution >= 4 is 29.3 Å². The maximum atomic E-state index is 11.9. The number of nitrogens with two attached hydrogens (primary N) is 1. The fraction of sp³-hybridized carbons (Fsp3) is 0.476. The summed E-state index contributed by atoms with van der Waals surface area (Å²) in [6.07, 6.45) is 6.91. The predicted octanol–water partition coefficient (Wildman–Crippen LogP) is 2.37. The molecular weight excluding hydrogens is 384 g/mol. The Balaban J connectivity index is 1.48. The van der Waals surface area contributed by atoms with Crippen LogP contribution >= 0.6 is 0 Å². The monoisotopic (exact) mass is 410 g/mol. The number of primary amides is 1. The Labute approximate surface area is 175 Å². The van der Waals surface area contributed by atoms with Crippen molar-refractivity contribution in [2.75, 3.05) is 29.9 Å². The molecule has 1 amide bonds. The number of nitrogens with zero attached hydrogens (tertiary/aromatic N) is 4. The van der Waals surface area contributed by atoms with Crippen LogP contribution < -0.4 is 16.0 Å². The molecule has 1 aliphatic carbocycles. The normalized spacial score (nSPS) is 16.9. The number of amides is 1. The second-order valence-electron chi connectivity index (χ2n) is 7.68. The Hall–Kier alpha value is -3.23. The molecule has 1 aliphatic heterocycles. The van der Waals surface area contributed by atoms with E-state index in [1.165, 1.54) is 19.0 Å². The molecule has 0 bridgehead atoms. The van der Waals surface area contributed by atoms with E-state index in [0.717, 1.165) is 11.4 Å². The first-order valence-electron chi connectivity index (χ1n) is 10.4. The minimum absolute atomic E-state index is 0.0975. The molecule has 158 valence electrons. The predicted molar refractivity (Wildman–Crippen MR) is 112 cm³/mol. The van der Waals surface area contributed by atoms with Crippen LogP contribution in [0.1, 0.15) is 54.6 Å². The zero-order valence-corrected chi connectivity index (χ0v) is 17.0. The van der Waals surface area contributed by atoms with Crippen LogP contribution in [0.2, 0.25) is 0 Å². The van der Waals surface area contributed by atoms with Crippen molar-refractivity contribution in [3.63, 3.8) is 0 Å². The van der Waals surface area contributed by atoms with Crippen LogP contribution in [-0.4, -0.2) is 46.5 Å². The van der Waals surface area contributed by atoms with Crippen molar-refractivity contribution in [3.8, 4) is 0 Å². The van der Waals surface area contributed by atoms with E-state index < -0.39 is 5.91 Å². The number of carbonyl (C=O) groups excluding carboxylic acids is 2. The van der Waals surface area contributed by atoms with Gasteiger partial charge < -0.3 is 20.7 Å². The van der Waals surface area contributed by atoms with Crippen LogP contribution in [0, 0.1) is 5.92 Å². The molecule has 2 fully saturated rings. The second-order valence-corrected chi connectivity index (χ2v) is 7.68. The lowest BCUT2D eigenvalue weighted by Gasteiger charge is -2.31. The van der Waals surface area contributed by atoms with Gasteiger partial charge in [-0.3, -0.25) is 14.6 Å². The maximum absolute atomic E-state index is 11.9. The summed E-state index contributed by atoms with van der Waals surface area (Å²) < 4.78 is 5.12. The van der Waals surface area contributed by atoms with Gasteiger partial charge in [-0.2, -0.15) is 4.98 Å². The van der Waals surface area contributed by atoms with Gasteiger partial charge in [0.15, 0.2) is 0 Å². The summed E-state index contributed by atoms with van der Waals surface area (Å²) in [5.74, 6) is 0.566. The Morgan fingerprint density at radius 1 is 1.17 bits per heavy atom. The second kappa shape index (κ2) is 8.64. The number of hydrogen-bond acceptors (Lipinski definition) is 8. The molecule has 2 aromatic heterocycles. The van der Waals surface area contributed by atoms with E-state index in [4.69, 9.17) is 10.5 Å². The summed E-state index contributed by atoms with van der Waals surface area (Å²) in [7, 11) is 0. The summed E-state index contributed by atoms with van der Waals surface area (Å²) in [6, 6.07) is 3.92. The molecule has 0 unspecified atom stereocenters. The van der Waals surface area contributed by atoms with Crippen LogP contribution in [0.15, 0.2) is 24.5 Å². The van der Waals surface area contributed by atoms with Crippen LogP contribution in [0.3, 0.4) is 0 Å². The van der Waals surface area contributed by atoms with E-state index in [1.807, 2.05) is 24.0 Å². The molecule has 9 nitrogen and oxygen atoms in total. The van der Waals surface area contributed by atoms with E-state index in [9.17, 15) is 9.59 Å². The molecule has 0 aromatic carbocycles. The third kappa shape index (κ3) is 4.50. The Bertz CT molecular complexity index is 921. The summed E-state index contributed by atoms with van der Waals surface area (Å²) in [4.78, 5) is 39.2. The first-order valence-corrected chi connectivity index (χ1v) is 10.4. The lowest BCUT2D eigenvalue weighted by molar-refractivity contribution is -0.148. The maximum Gasteiger partial charge on any atom is 0.309 e. The Morgan fingerprint density at radius 3 is 2.53 bits per heavy atom. The fourth-order valence-corrected chi connectivity index (χ4v) is 3.61. The average Bonchev–Trinajstić information content (AvgIpc) is 3.60. The lowest BCUT2D eigenvalue weighted by Crippen LogP contribution is -2.38. The third-order valence-electron chi connectivity index (χ3n) is 5.48. The van der Waals surface area contributed by atoms with Gasteiger partial charge in [0.2, 0.25) is 5.95 Å². The third-order valence-corrected chi connectivity index (χ3v) is 5.48. The summed E-state index contributed by atoms with van der Waals surface area (Å²) >= 11 is 0. The van der Waals surface area contributed by atoms with Crippen molar-refractivity contribution in [2.24, 2.45) is 11.7 Å². The Kier molecular flexibility index (Phi) is 5.78. The van der Waals surface area contributed by atoms with Crippen molar-refractivity contribution in [1.29, 1.82) is 0 Å². The largest absolute Gasteiger partial charge is 0.466 e. The zero-order valence-electron chi connectivity index (χ0n) is 17.0. The number of esters is 1. The van der Waals surface area contributed by atoms with Crippen molar-refractivity contribution in [1.82, 2.24) is 15.0 Å². The molecule has 30 heavy (non-hydrogen) atoms. The number of rotatable bonds is 7. The van der Waals surface area contributed by atoms with Gasteiger partial charge in [0.25, 0.3) is 5.91 Å². The highest BCUT2D eigenvalue weighted by atomic mass is 16.5. The molecule has 2 aliphatic rings. The van der Waals surface area contributed by atoms with E-state index >= 15 is 0 Å². The first-order chi connectivity index (χ1) is 14.5. The smallest absolute Gasteiger partial charge is 0.309 e. The highest BCUT2D eigenvalue weighted by Crippen LogP contribution is 2.39. The molecule has 0 atom stereocenters. The number of nitrogens with one attached hydrogen (secondary N) is 1. The van der Waals surface area contributed by atoms with Crippen LogP contribution in [-0.2, 0) is 9.53 Å². The van der Waals surface area contributed by atoms with Gasteiger partial charge in [0, 0.05) is 30.9 Å². The molecule has 1 saturated carbocycles. The quantitative estimate of drug-likeness (QED) is 0.667. The highest BCUT2D eigenvalue weighted by Gasteiger charge is 2.28. The molecule has 3 heterocycles. The Morgan fingerprint density at radius 2 is 1.93 bits per heavy atom. The van der Waals surface area contributed by atoms with Crippen molar-refractivity contribution < 1.29 is 14.3 Å². The number of aromatic nitrogens is 3. The molecule has 4 rings (SSSR count). The fourth-order valence-electron chi connectivity index (χ4n) is 3.61. The van der Waals surface area contributed by atoms with Crippen LogP contribution in [0.4, 0.5) is 17.5 Å². The average molecular weight is 410 g/mol. The number of anilines is 3. The van der Waals surface area contributed by atoms with Gasteiger partial charge >= 0.3 is 5.97 Å². The topological polar surface area (TPSA) is 123 Å². The van der Waals surface area contributed by atoms with Crippen molar-refractivity contribution in [2.45, 2.75) is 38.5 Å². The van der Waals surface area contributed by atoms with Gasteiger partial charge in [-0.15, -0.1) is 0 Å². The summed E-state index contributed by atoms with van der Waals surface area (Å²) in [5.41, 5.74) is 7.54. The van der Waals surface area contributed by atoms with E-state index in [2.05, 4.69) is 20.3 Å². The minimum Gasteiger partial charge on any atom is -0.466 e. The number of piperidine rings is 1. The zero-order chi connectivity index (χ0) is 21.1. The molecule has 0 spiro atoms.